The van der Waals surface area contributed by atoms with Crippen LogP contribution in [0.3, 0.4) is 0 Å². The molecule has 4 nitrogen and oxygen atoms in total. The molecule has 4 heteroatoms. The Balaban J connectivity index is 1.38. The molecule has 2 heterocycles. The highest BCUT2D eigenvalue weighted by Gasteiger charge is 2.44. The van der Waals surface area contributed by atoms with E-state index in [0.29, 0.717) is 30.2 Å². The number of aromatic nitrogens is 2. The molecule has 0 bridgehead atoms. The molecule has 31 heavy (non-hydrogen) atoms. The van der Waals surface area contributed by atoms with Crippen LogP contribution in [0.1, 0.15) is 31.4 Å². The minimum absolute atomic E-state index is 0.529. The van der Waals surface area contributed by atoms with Crippen molar-refractivity contribution in [1.82, 2.24) is 9.97 Å². The third-order valence-electron chi connectivity index (χ3n) is 6.90. The van der Waals surface area contributed by atoms with Gasteiger partial charge < -0.3 is 5.32 Å². The van der Waals surface area contributed by atoms with Crippen LogP contribution in [0.25, 0.3) is 11.3 Å². The molecule has 4 aliphatic rings. The van der Waals surface area contributed by atoms with Crippen LogP contribution >= 0.6 is 0 Å². The van der Waals surface area contributed by atoms with E-state index in [1.165, 1.54) is 5.57 Å². The molecule has 0 amide bonds. The fraction of sp³-hybridized carbons (Fsp3) is 0.296. The SMILES string of the molecule is CC1C=C(C2=NCc3cnc(NC4=CC5C(C)C5C=C4)nc3-c3ccccc32)C=CC1. The van der Waals surface area contributed by atoms with Gasteiger partial charge in [0.1, 0.15) is 0 Å². The average molecular weight is 407 g/mol. The molecule has 1 saturated carbocycles. The summed E-state index contributed by atoms with van der Waals surface area (Å²) in [6.45, 7) is 5.15. The molecule has 0 radical (unpaired) electrons. The average Bonchev–Trinajstić information content (AvgIpc) is 3.47. The van der Waals surface area contributed by atoms with E-state index in [2.05, 4.69) is 84.9 Å². The van der Waals surface area contributed by atoms with Gasteiger partial charge in [0.15, 0.2) is 0 Å². The highest BCUT2D eigenvalue weighted by molar-refractivity contribution is 6.18. The van der Waals surface area contributed by atoms with E-state index in [4.69, 9.17) is 9.98 Å². The van der Waals surface area contributed by atoms with E-state index >= 15 is 0 Å². The minimum Gasteiger partial charge on any atom is -0.324 e. The zero-order valence-electron chi connectivity index (χ0n) is 17.9. The van der Waals surface area contributed by atoms with Gasteiger partial charge in [0.05, 0.1) is 18.0 Å². The molecule has 4 atom stereocenters. The second-order valence-corrected chi connectivity index (χ2v) is 9.14. The smallest absolute Gasteiger partial charge is 0.227 e. The molecule has 1 N–H and O–H groups in total. The fourth-order valence-corrected chi connectivity index (χ4v) is 4.99. The van der Waals surface area contributed by atoms with Crippen LogP contribution in [0.2, 0.25) is 0 Å². The number of hydrogen-bond acceptors (Lipinski definition) is 4. The molecular weight excluding hydrogens is 380 g/mol. The van der Waals surface area contributed by atoms with Crippen molar-refractivity contribution >= 4 is 11.7 Å². The molecule has 4 unspecified atom stereocenters. The Morgan fingerprint density at radius 3 is 2.71 bits per heavy atom. The second kappa shape index (κ2) is 7.16. The van der Waals surface area contributed by atoms with Crippen LogP contribution in [0.5, 0.6) is 0 Å². The van der Waals surface area contributed by atoms with Gasteiger partial charge in [0.2, 0.25) is 5.95 Å². The molecule has 1 fully saturated rings. The number of fused-ring (bicyclic) bond motifs is 4. The van der Waals surface area contributed by atoms with E-state index in [-0.39, 0.29) is 0 Å². The summed E-state index contributed by atoms with van der Waals surface area (Å²) in [6, 6.07) is 8.47. The largest absolute Gasteiger partial charge is 0.324 e. The Morgan fingerprint density at radius 2 is 1.87 bits per heavy atom. The third kappa shape index (κ3) is 3.27. The number of aliphatic imine (C=N–C) groups is 1. The number of nitrogens with zero attached hydrogens (tertiary/aromatic N) is 3. The van der Waals surface area contributed by atoms with Gasteiger partial charge in [-0.05, 0) is 41.7 Å². The van der Waals surface area contributed by atoms with E-state index < -0.39 is 0 Å². The fourth-order valence-electron chi connectivity index (χ4n) is 4.99. The van der Waals surface area contributed by atoms with Crippen molar-refractivity contribution in [3.05, 3.63) is 89.3 Å². The normalized spacial score (nSPS) is 27.7. The van der Waals surface area contributed by atoms with Crippen LogP contribution in [-0.2, 0) is 6.54 Å². The van der Waals surface area contributed by atoms with E-state index in [1.807, 2.05) is 6.20 Å². The van der Waals surface area contributed by atoms with Gasteiger partial charge in [-0.3, -0.25) is 4.99 Å². The van der Waals surface area contributed by atoms with Crippen LogP contribution in [0.4, 0.5) is 5.95 Å². The van der Waals surface area contributed by atoms with Gasteiger partial charge in [0, 0.05) is 28.6 Å². The summed E-state index contributed by atoms with van der Waals surface area (Å²) >= 11 is 0. The molecule has 2 aromatic rings. The Hall–Kier alpha value is -3.27. The molecule has 1 aliphatic heterocycles. The van der Waals surface area contributed by atoms with Crippen LogP contribution in [0.15, 0.2) is 83.2 Å². The van der Waals surface area contributed by atoms with Crippen LogP contribution in [-0.4, -0.2) is 15.7 Å². The summed E-state index contributed by atoms with van der Waals surface area (Å²) in [5.41, 5.74) is 7.64. The number of nitrogens with one attached hydrogen (secondary N) is 1. The summed E-state index contributed by atoms with van der Waals surface area (Å²) < 4.78 is 0. The zero-order valence-corrected chi connectivity index (χ0v) is 17.9. The van der Waals surface area contributed by atoms with Crippen molar-refractivity contribution in [2.24, 2.45) is 28.7 Å². The maximum Gasteiger partial charge on any atom is 0.227 e. The van der Waals surface area contributed by atoms with Crippen molar-refractivity contribution < 1.29 is 0 Å². The minimum atomic E-state index is 0.529. The summed E-state index contributed by atoms with van der Waals surface area (Å²) in [4.78, 5) is 14.6. The maximum atomic E-state index is 5.01. The lowest BCUT2D eigenvalue weighted by atomic mass is 9.90. The first-order chi connectivity index (χ1) is 15.2. The van der Waals surface area contributed by atoms with Crippen molar-refractivity contribution in [3.8, 4) is 11.3 Å². The molecule has 0 spiro atoms. The van der Waals surface area contributed by atoms with Crippen LogP contribution in [0, 0.1) is 23.7 Å². The lowest BCUT2D eigenvalue weighted by molar-refractivity contribution is 0.733. The van der Waals surface area contributed by atoms with Crippen molar-refractivity contribution in [1.29, 1.82) is 0 Å². The molecule has 1 aromatic heterocycles. The number of hydrogen-bond donors (Lipinski definition) is 1. The van der Waals surface area contributed by atoms with Gasteiger partial charge >= 0.3 is 0 Å². The van der Waals surface area contributed by atoms with E-state index in [0.717, 1.165) is 46.1 Å². The maximum absolute atomic E-state index is 5.01. The first-order valence-electron chi connectivity index (χ1n) is 11.2. The Labute approximate surface area is 183 Å². The Bertz CT molecular complexity index is 1210. The van der Waals surface area contributed by atoms with Gasteiger partial charge in [-0.1, -0.05) is 68.5 Å². The Kier molecular flexibility index (Phi) is 4.27. The van der Waals surface area contributed by atoms with E-state index in [9.17, 15) is 0 Å². The number of benzene rings is 1. The summed E-state index contributed by atoms with van der Waals surface area (Å²) in [5, 5.41) is 3.43. The lowest BCUT2D eigenvalue weighted by Gasteiger charge is -2.16. The van der Waals surface area contributed by atoms with Gasteiger partial charge in [0.25, 0.3) is 0 Å². The van der Waals surface area contributed by atoms with Crippen LogP contribution < -0.4 is 5.32 Å². The number of anilines is 1. The quantitative estimate of drug-likeness (QED) is 0.710. The molecule has 0 saturated heterocycles. The van der Waals surface area contributed by atoms with Crippen molar-refractivity contribution in [2.75, 3.05) is 5.32 Å². The number of allylic oxidation sites excluding steroid dienone is 7. The molecule has 1 aromatic carbocycles. The standard InChI is InChI=1S/C27H26N4/c1-16-6-5-7-18(12-16)25-22-8-3-4-9-23(22)26-19(14-28-25)15-29-27(31-26)30-20-10-11-21-17(2)24(21)13-20/h3-5,7-13,15-17,21,24H,6,14H2,1-2H3,(H,29,30,31). The molecular formula is C27H26N4. The predicted molar refractivity (Wildman–Crippen MR) is 126 cm³/mol. The zero-order chi connectivity index (χ0) is 20.9. The van der Waals surface area contributed by atoms with Gasteiger partial charge in [-0.15, -0.1) is 0 Å². The first kappa shape index (κ1) is 18.5. The van der Waals surface area contributed by atoms with Crippen molar-refractivity contribution in [2.45, 2.75) is 26.8 Å². The summed E-state index contributed by atoms with van der Waals surface area (Å²) in [5.74, 6) is 3.29. The highest BCUT2D eigenvalue weighted by atomic mass is 15.1. The van der Waals surface area contributed by atoms with Gasteiger partial charge in [-0.2, -0.15) is 0 Å². The van der Waals surface area contributed by atoms with Crippen molar-refractivity contribution in [3.63, 3.8) is 0 Å². The third-order valence-corrected chi connectivity index (χ3v) is 6.90. The monoisotopic (exact) mass is 406 g/mol. The molecule has 6 rings (SSSR count). The molecule has 3 aliphatic carbocycles. The topological polar surface area (TPSA) is 50.2 Å². The predicted octanol–water partition coefficient (Wildman–Crippen LogP) is 5.72. The lowest BCUT2D eigenvalue weighted by Crippen LogP contribution is -2.09. The summed E-state index contributed by atoms with van der Waals surface area (Å²) in [6.07, 6.45) is 16.6. The first-order valence-corrected chi connectivity index (χ1v) is 11.2. The van der Waals surface area contributed by atoms with Gasteiger partial charge in [-0.25, -0.2) is 9.97 Å². The molecule has 154 valence electrons. The second-order valence-electron chi connectivity index (χ2n) is 9.14. The number of rotatable bonds is 3. The Morgan fingerprint density at radius 1 is 1.00 bits per heavy atom. The van der Waals surface area contributed by atoms with E-state index in [1.54, 1.807) is 0 Å². The summed E-state index contributed by atoms with van der Waals surface area (Å²) in [7, 11) is 0. The highest BCUT2D eigenvalue weighted by Crippen LogP contribution is 2.50.